The summed E-state index contributed by atoms with van der Waals surface area (Å²) in [6.45, 7) is -1.98. The number of ether oxygens (including phenoxy) is 3. The number of nitrogen functional groups attached to an aromatic ring is 1. The Morgan fingerprint density at radius 2 is 1.84 bits per heavy atom. The molecule has 0 spiro atoms. The van der Waals surface area contributed by atoms with E-state index in [4.69, 9.17) is 19.9 Å². The highest BCUT2D eigenvalue weighted by Crippen LogP contribution is 2.42. The molecule has 4 heterocycles. The van der Waals surface area contributed by atoms with E-state index in [1.165, 1.54) is 10.9 Å². The van der Waals surface area contributed by atoms with Crippen LogP contribution in [0.4, 0.5) is 10.2 Å². The number of fused-ring (bicyclic) bond motifs is 1. The number of nitrogens with two attached hydrogens (primary N) is 1. The van der Waals surface area contributed by atoms with Gasteiger partial charge in [-0.25, -0.2) is 19.3 Å². The zero-order valence-electron chi connectivity index (χ0n) is 15.8. The van der Waals surface area contributed by atoms with Crippen molar-refractivity contribution in [2.75, 3.05) is 18.9 Å². The number of nitrogens with zero attached hydrogens (tertiary/aromatic N) is 4. The smallest absolute Gasteiger partial charge is 0.263 e. The summed E-state index contributed by atoms with van der Waals surface area (Å²) in [7, 11) is 0. The maximum absolute atomic E-state index is 15.4. The number of imidazole rings is 1. The number of rotatable bonds is 5. The van der Waals surface area contributed by atoms with Gasteiger partial charge in [0.25, 0.3) is 5.85 Å². The van der Waals surface area contributed by atoms with Crippen molar-refractivity contribution in [3.8, 4) is 0 Å². The van der Waals surface area contributed by atoms with E-state index in [0.29, 0.717) is 0 Å². The van der Waals surface area contributed by atoms with Gasteiger partial charge in [0.05, 0.1) is 12.9 Å². The molecule has 0 aromatic carbocycles. The molecule has 0 radical (unpaired) electrons. The van der Waals surface area contributed by atoms with Crippen LogP contribution in [-0.4, -0.2) is 112 Å². The molecule has 2 aromatic rings. The van der Waals surface area contributed by atoms with Crippen LogP contribution in [0.5, 0.6) is 0 Å². The Balaban J connectivity index is 1.62. The number of hydrogen-bond acceptors (Lipinski definition) is 13. The molecule has 0 aliphatic carbocycles. The number of aliphatic hydroxyl groups excluding tert-OH is 6. The molecule has 2 aliphatic rings. The van der Waals surface area contributed by atoms with E-state index in [-0.39, 0.29) is 17.0 Å². The second-order valence-electron chi connectivity index (χ2n) is 7.28. The quantitative estimate of drug-likeness (QED) is 0.234. The number of anilines is 1. The molecule has 9 unspecified atom stereocenters. The number of halogens is 1. The maximum Gasteiger partial charge on any atom is 0.263 e. The van der Waals surface area contributed by atoms with Gasteiger partial charge in [-0.1, -0.05) is 0 Å². The largest absolute Gasteiger partial charge is 0.394 e. The number of hydrogen-bond donors (Lipinski definition) is 7. The lowest BCUT2D eigenvalue weighted by atomic mass is 9.99. The molecule has 2 aromatic heterocycles. The highest BCUT2D eigenvalue weighted by atomic mass is 19.2. The molecule has 0 bridgehead atoms. The molecular formula is C16H22FN5O9. The van der Waals surface area contributed by atoms with Crippen molar-refractivity contribution >= 4 is 17.0 Å². The summed E-state index contributed by atoms with van der Waals surface area (Å²) in [5.74, 6) is -2.92. The minimum Gasteiger partial charge on any atom is -0.394 e. The van der Waals surface area contributed by atoms with Crippen molar-refractivity contribution in [2.24, 2.45) is 0 Å². The lowest BCUT2D eigenvalue weighted by Gasteiger charge is -2.41. The van der Waals surface area contributed by atoms with Crippen molar-refractivity contribution in [3.05, 3.63) is 12.7 Å². The minimum atomic E-state index is -2.96. The highest BCUT2D eigenvalue weighted by Gasteiger charge is 2.59. The van der Waals surface area contributed by atoms with Gasteiger partial charge in [-0.05, 0) is 0 Å². The van der Waals surface area contributed by atoms with Gasteiger partial charge in [-0.15, -0.1) is 0 Å². The van der Waals surface area contributed by atoms with Crippen LogP contribution in [0.15, 0.2) is 12.7 Å². The zero-order valence-corrected chi connectivity index (χ0v) is 15.8. The van der Waals surface area contributed by atoms with E-state index >= 15 is 4.39 Å². The van der Waals surface area contributed by atoms with E-state index < -0.39 is 68.2 Å². The third kappa shape index (κ3) is 3.53. The van der Waals surface area contributed by atoms with Gasteiger partial charge >= 0.3 is 0 Å². The predicted molar refractivity (Wildman–Crippen MR) is 95.4 cm³/mol. The average molecular weight is 447 g/mol. The molecule has 8 N–H and O–H groups in total. The molecule has 0 amide bonds. The van der Waals surface area contributed by atoms with Crippen LogP contribution >= 0.6 is 0 Å². The monoisotopic (exact) mass is 447 g/mol. The fourth-order valence-corrected chi connectivity index (χ4v) is 3.65. The molecule has 9 atom stereocenters. The lowest BCUT2D eigenvalue weighted by molar-refractivity contribution is -0.333. The SMILES string of the molecule is Nc1ncnc2c1ncn2C1OC(F)(CO)C(OC2OC(CO)C(O)C(O)C2O)C1O. The third-order valence-electron chi connectivity index (χ3n) is 5.35. The Labute approximate surface area is 173 Å². The summed E-state index contributed by atoms with van der Waals surface area (Å²) in [4.78, 5) is 11.8. The van der Waals surface area contributed by atoms with Crippen molar-refractivity contribution in [1.82, 2.24) is 19.5 Å². The number of aliphatic hydroxyl groups is 6. The van der Waals surface area contributed by atoms with Gasteiger partial charge in [0.1, 0.15) is 49.0 Å². The second-order valence-corrected chi connectivity index (χ2v) is 7.28. The van der Waals surface area contributed by atoms with Crippen LogP contribution in [0, 0.1) is 0 Å². The van der Waals surface area contributed by atoms with Crippen LogP contribution < -0.4 is 5.73 Å². The molecular weight excluding hydrogens is 425 g/mol. The van der Waals surface area contributed by atoms with Crippen molar-refractivity contribution in [1.29, 1.82) is 0 Å². The van der Waals surface area contributed by atoms with Gasteiger partial charge in [0, 0.05) is 0 Å². The Hall–Kier alpha value is -2.08. The Morgan fingerprint density at radius 1 is 1.10 bits per heavy atom. The lowest BCUT2D eigenvalue weighted by Crippen LogP contribution is -2.61. The molecule has 172 valence electrons. The van der Waals surface area contributed by atoms with Crippen LogP contribution in [0.3, 0.4) is 0 Å². The van der Waals surface area contributed by atoms with E-state index in [1.54, 1.807) is 0 Å². The molecule has 2 saturated heterocycles. The van der Waals surface area contributed by atoms with Crippen LogP contribution in [0.25, 0.3) is 11.2 Å². The van der Waals surface area contributed by atoms with Crippen LogP contribution in [0.1, 0.15) is 6.23 Å². The van der Waals surface area contributed by atoms with E-state index in [2.05, 4.69) is 15.0 Å². The Kier molecular flexibility index (Phi) is 5.80. The first-order valence-corrected chi connectivity index (χ1v) is 9.26. The maximum atomic E-state index is 15.4. The van der Waals surface area contributed by atoms with E-state index in [0.717, 1.165) is 6.33 Å². The molecule has 15 heteroatoms. The van der Waals surface area contributed by atoms with Gasteiger partial charge in [-0.2, -0.15) is 0 Å². The minimum absolute atomic E-state index is 0.0408. The van der Waals surface area contributed by atoms with Gasteiger partial charge in [0.15, 0.2) is 30.1 Å². The summed E-state index contributed by atoms with van der Waals surface area (Å²) < 4.78 is 32.3. The van der Waals surface area contributed by atoms with Gasteiger partial charge in [0.2, 0.25) is 0 Å². The Morgan fingerprint density at radius 3 is 2.52 bits per heavy atom. The molecule has 31 heavy (non-hydrogen) atoms. The Bertz CT molecular complexity index is 934. The number of alkyl halides is 1. The molecule has 4 rings (SSSR count). The molecule has 14 nitrogen and oxygen atoms in total. The summed E-state index contributed by atoms with van der Waals surface area (Å²) in [5.41, 5.74) is 6.01. The summed E-state index contributed by atoms with van der Waals surface area (Å²) >= 11 is 0. The van der Waals surface area contributed by atoms with Crippen molar-refractivity contribution in [2.45, 2.75) is 55.0 Å². The predicted octanol–water partition coefficient (Wildman–Crippen LogP) is -3.86. The fourth-order valence-electron chi connectivity index (χ4n) is 3.65. The van der Waals surface area contributed by atoms with Crippen molar-refractivity contribution in [3.63, 3.8) is 0 Å². The van der Waals surface area contributed by atoms with E-state index in [1.807, 2.05) is 0 Å². The first-order valence-electron chi connectivity index (χ1n) is 9.26. The topological polar surface area (TPSA) is 219 Å². The molecule has 0 saturated carbocycles. The molecule has 2 aliphatic heterocycles. The second kappa shape index (κ2) is 8.12. The standard InChI is InChI=1S/C16H22FN5O9/c17-16(2-24)11(30-15-9(27)8(26)7(25)5(1-23)29-15)10(28)14(31-16)22-4-21-6-12(18)19-3-20-13(6)22/h3-5,7-11,14-15,23-28H,1-2H2,(H2,18,19,20). The van der Waals surface area contributed by atoms with Crippen LogP contribution in [-0.2, 0) is 14.2 Å². The van der Waals surface area contributed by atoms with Gasteiger partial charge in [-0.3, -0.25) is 4.57 Å². The summed E-state index contributed by atoms with van der Waals surface area (Å²) in [6, 6.07) is 0. The first-order chi connectivity index (χ1) is 14.7. The normalized spacial score (nSPS) is 41.1. The van der Waals surface area contributed by atoms with Gasteiger partial charge < -0.3 is 50.6 Å². The third-order valence-corrected chi connectivity index (χ3v) is 5.35. The van der Waals surface area contributed by atoms with Crippen LogP contribution in [0.2, 0.25) is 0 Å². The number of aromatic nitrogens is 4. The summed E-state index contributed by atoms with van der Waals surface area (Å²) in [6.07, 6.45) is -11.3. The molecule has 2 fully saturated rings. The van der Waals surface area contributed by atoms with E-state index in [9.17, 15) is 30.6 Å². The highest BCUT2D eigenvalue weighted by molar-refractivity contribution is 5.81. The summed E-state index contributed by atoms with van der Waals surface area (Å²) in [5, 5.41) is 59.5. The average Bonchev–Trinajstić information content (AvgIpc) is 3.29. The first kappa shape index (κ1) is 22.1. The fraction of sp³-hybridized carbons (Fsp3) is 0.688. The zero-order chi connectivity index (χ0) is 22.5. The van der Waals surface area contributed by atoms with Crippen molar-refractivity contribution < 1.29 is 49.2 Å².